The number of nitrogens with zero attached hydrogens (tertiary/aromatic N) is 1. The van der Waals surface area contributed by atoms with Gasteiger partial charge >= 0.3 is 0 Å². The summed E-state index contributed by atoms with van der Waals surface area (Å²) in [6, 6.07) is 12.2. The molecule has 0 saturated carbocycles. The summed E-state index contributed by atoms with van der Waals surface area (Å²) in [4.78, 5) is 4.32. The zero-order valence-electron chi connectivity index (χ0n) is 13.3. The molecule has 3 heteroatoms. The standard InChI is InChI=1S/C18H24N2O/c1-13(19)11-14-5-10-17(20-12-14)21-16-8-6-15(7-9-16)18(2,3)4/h5-10,12-13H,11,19H2,1-4H3. The SMILES string of the molecule is CC(N)Cc1ccc(Oc2ccc(C(C)(C)C)cc2)nc1. The minimum atomic E-state index is 0.142. The van der Waals surface area contributed by atoms with E-state index >= 15 is 0 Å². The third kappa shape index (κ3) is 4.57. The molecular weight excluding hydrogens is 260 g/mol. The van der Waals surface area contributed by atoms with Gasteiger partial charge in [-0.1, -0.05) is 39.0 Å². The van der Waals surface area contributed by atoms with Crippen molar-refractivity contribution in [2.24, 2.45) is 5.73 Å². The van der Waals surface area contributed by atoms with Crippen molar-refractivity contribution in [2.45, 2.75) is 45.6 Å². The molecule has 1 aromatic carbocycles. The van der Waals surface area contributed by atoms with Crippen molar-refractivity contribution < 1.29 is 4.74 Å². The molecular formula is C18H24N2O. The molecule has 0 spiro atoms. The van der Waals surface area contributed by atoms with Gasteiger partial charge in [0, 0.05) is 18.3 Å². The van der Waals surface area contributed by atoms with E-state index in [9.17, 15) is 0 Å². The van der Waals surface area contributed by atoms with E-state index in [1.165, 1.54) is 5.56 Å². The number of ether oxygens (including phenoxy) is 1. The highest BCUT2D eigenvalue weighted by Gasteiger charge is 2.13. The molecule has 0 aliphatic rings. The molecule has 3 nitrogen and oxygen atoms in total. The molecule has 0 saturated heterocycles. The van der Waals surface area contributed by atoms with Crippen LogP contribution in [0, 0.1) is 0 Å². The van der Waals surface area contributed by atoms with Crippen molar-refractivity contribution in [3.63, 3.8) is 0 Å². The van der Waals surface area contributed by atoms with E-state index in [0.29, 0.717) is 5.88 Å². The number of rotatable bonds is 4. The molecule has 2 aromatic rings. The summed E-state index contributed by atoms with van der Waals surface area (Å²) >= 11 is 0. The highest BCUT2D eigenvalue weighted by Crippen LogP contribution is 2.26. The monoisotopic (exact) mass is 284 g/mol. The number of aromatic nitrogens is 1. The Labute approximate surface area is 127 Å². The second-order valence-corrected chi connectivity index (χ2v) is 6.56. The van der Waals surface area contributed by atoms with Crippen LogP contribution in [0.5, 0.6) is 11.6 Å². The number of hydrogen-bond acceptors (Lipinski definition) is 3. The summed E-state index contributed by atoms with van der Waals surface area (Å²) in [6.07, 6.45) is 2.65. The first-order chi connectivity index (χ1) is 9.84. The van der Waals surface area contributed by atoms with Gasteiger partial charge in [0.25, 0.3) is 0 Å². The molecule has 112 valence electrons. The van der Waals surface area contributed by atoms with Crippen LogP contribution in [0.25, 0.3) is 0 Å². The van der Waals surface area contributed by atoms with Gasteiger partial charge in [0.1, 0.15) is 5.75 Å². The third-order valence-electron chi connectivity index (χ3n) is 3.30. The topological polar surface area (TPSA) is 48.1 Å². The average molecular weight is 284 g/mol. The Balaban J connectivity index is 2.04. The van der Waals surface area contributed by atoms with Crippen molar-refractivity contribution in [2.75, 3.05) is 0 Å². The molecule has 0 amide bonds. The molecule has 0 aliphatic carbocycles. The number of benzene rings is 1. The van der Waals surface area contributed by atoms with Crippen molar-refractivity contribution in [1.82, 2.24) is 4.98 Å². The Hall–Kier alpha value is -1.87. The first kappa shape index (κ1) is 15.5. The Morgan fingerprint density at radius 3 is 2.24 bits per heavy atom. The summed E-state index contributed by atoms with van der Waals surface area (Å²) in [5.74, 6) is 1.40. The number of nitrogens with two attached hydrogens (primary N) is 1. The lowest BCUT2D eigenvalue weighted by Crippen LogP contribution is -2.17. The first-order valence-electron chi connectivity index (χ1n) is 7.33. The Morgan fingerprint density at radius 2 is 1.76 bits per heavy atom. The van der Waals surface area contributed by atoms with Gasteiger partial charge in [-0.2, -0.15) is 0 Å². The van der Waals surface area contributed by atoms with E-state index in [0.717, 1.165) is 17.7 Å². The fourth-order valence-corrected chi connectivity index (χ4v) is 2.11. The minimum absolute atomic E-state index is 0.142. The maximum atomic E-state index is 5.78. The summed E-state index contributed by atoms with van der Waals surface area (Å²) in [6.45, 7) is 8.58. The van der Waals surface area contributed by atoms with Gasteiger partial charge < -0.3 is 10.5 Å². The third-order valence-corrected chi connectivity index (χ3v) is 3.30. The second-order valence-electron chi connectivity index (χ2n) is 6.56. The normalized spacial score (nSPS) is 13.0. The summed E-state index contributed by atoms with van der Waals surface area (Å²) in [5, 5.41) is 0. The smallest absolute Gasteiger partial charge is 0.219 e. The maximum Gasteiger partial charge on any atom is 0.219 e. The summed E-state index contributed by atoms with van der Waals surface area (Å²) in [5.41, 5.74) is 8.34. The lowest BCUT2D eigenvalue weighted by Gasteiger charge is -2.19. The molecule has 2 N–H and O–H groups in total. The Morgan fingerprint density at radius 1 is 1.10 bits per heavy atom. The molecule has 1 unspecified atom stereocenters. The van der Waals surface area contributed by atoms with Crippen LogP contribution in [0.4, 0.5) is 0 Å². The summed E-state index contributed by atoms with van der Waals surface area (Å²) in [7, 11) is 0. The van der Waals surface area contributed by atoms with Crippen molar-refractivity contribution in [1.29, 1.82) is 0 Å². The lowest BCUT2D eigenvalue weighted by molar-refractivity contribution is 0.461. The van der Waals surface area contributed by atoms with Crippen LogP contribution < -0.4 is 10.5 Å². The van der Waals surface area contributed by atoms with Gasteiger partial charge in [0.05, 0.1) is 0 Å². The molecule has 1 heterocycles. The second kappa shape index (κ2) is 6.27. The van der Waals surface area contributed by atoms with Gasteiger partial charge in [-0.25, -0.2) is 4.98 Å². The van der Waals surface area contributed by atoms with Crippen molar-refractivity contribution >= 4 is 0 Å². The molecule has 21 heavy (non-hydrogen) atoms. The molecule has 2 rings (SSSR count). The van der Waals surface area contributed by atoms with E-state index in [1.54, 1.807) is 0 Å². The average Bonchev–Trinajstić information content (AvgIpc) is 2.40. The number of hydrogen-bond donors (Lipinski definition) is 1. The van der Waals surface area contributed by atoms with Gasteiger partial charge in [0.2, 0.25) is 5.88 Å². The minimum Gasteiger partial charge on any atom is -0.439 e. The highest BCUT2D eigenvalue weighted by molar-refractivity contribution is 5.33. The summed E-state index contributed by atoms with van der Waals surface area (Å²) < 4.78 is 5.76. The van der Waals surface area contributed by atoms with Gasteiger partial charge in [-0.05, 0) is 42.0 Å². The zero-order chi connectivity index (χ0) is 15.5. The van der Waals surface area contributed by atoms with E-state index < -0.39 is 0 Å². The molecule has 1 atom stereocenters. The van der Waals surface area contributed by atoms with Crippen LogP contribution in [0.2, 0.25) is 0 Å². The van der Waals surface area contributed by atoms with E-state index in [2.05, 4.69) is 37.9 Å². The highest BCUT2D eigenvalue weighted by atomic mass is 16.5. The lowest BCUT2D eigenvalue weighted by atomic mass is 9.87. The quantitative estimate of drug-likeness (QED) is 0.921. The van der Waals surface area contributed by atoms with Crippen LogP contribution in [-0.2, 0) is 11.8 Å². The zero-order valence-corrected chi connectivity index (χ0v) is 13.3. The molecule has 0 aliphatic heterocycles. The van der Waals surface area contributed by atoms with Crippen LogP contribution >= 0.6 is 0 Å². The predicted molar refractivity (Wildman–Crippen MR) is 86.8 cm³/mol. The first-order valence-corrected chi connectivity index (χ1v) is 7.33. The molecule has 0 fully saturated rings. The molecule has 0 bridgehead atoms. The van der Waals surface area contributed by atoms with Gasteiger partial charge in [0.15, 0.2) is 0 Å². The van der Waals surface area contributed by atoms with E-state index in [4.69, 9.17) is 10.5 Å². The maximum absolute atomic E-state index is 5.78. The Bertz CT molecular complexity index is 566. The van der Waals surface area contributed by atoms with E-state index in [-0.39, 0.29) is 11.5 Å². The Kier molecular flexibility index (Phi) is 4.63. The molecule has 0 radical (unpaired) electrons. The van der Waals surface area contributed by atoms with Gasteiger partial charge in [-0.15, -0.1) is 0 Å². The van der Waals surface area contributed by atoms with E-state index in [1.807, 2.05) is 37.4 Å². The van der Waals surface area contributed by atoms with Crippen LogP contribution in [0.3, 0.4) is 0 Å². The van der Waals surface area contributed by atoms with Crippen molar-refractivity contribution in [3.05, 3.63) is 53.7 Å². The fraction of sp³-hybridized carbons (Fsp3) is 0.389. The van der Waals surface area contributed by atoms with Crippen LogP contribution in [0.15, 0.2) is 42.6 Å². The molecule has 1 aromatic heterocycles. The fourth-order valence-electron chi connectivity index (χ4n) is 2.11. The predicted octanol–water partition coefficient (Wildman–Crippen LogP) is 4.06. The van der Waals surface area contributed by atoms with Gasteiger partial charge in [-0.3, -0.25) is 0 Å². The van der Waals surface area contributed by atoms with Crippen molar-refractivity contribution in [3.8, 4) is 11.6 Å². The van der Waals surface area contributed by atoms with Crippen LogP contribution in [-0.4, -0.2) is 11.0 Å². The van der Waals surface area contributed by atoms with Crippen LogP contribution in [0.1, 0.15) is 38.8 Å². The largest absolute Gasteiger partial charge is 0.439 e. The number of pyridine rings is 1.